The minimum atomic E-state index is 0.565. The highest BCUT2D eigenvalue weighted by Crippen LogP contribution is 2.35. The summed E-state index contributed by atoms with van der Waals surface area (Å²) in [5, 5.41) is 6.98. The number of nitrogens with one attached hydrogen (secondary N) is 2. The summed E-state index contributed by atoms with van der Waals surface area (Å²) in [6, 6.07) is 7.90. The molecule has 1 fully saturated rings. The number of hydrogen-bond acceptors (Lipinski definition) is 7. The third-order valence-corrected chi connectivity index (χ3v) is 5.25. The Morgan fingerprint density at radius 1 is 1.07 bits per heavy atom. The van der Waals surface area contributed by atoms with Gasteiger partial charge >= 0.3 is 0 Å². The molecule has 2 aliphatic heterocycles. The molecule has 7 heteroatoms. The zero-order valence-corrected chi connectivity index (χ0v) is 15.6. The Labute approximate surface area is 163 Å². The van der Waals surface area contributed by atoms with Gasteiger partial charge in [0.2, 0.25) is 0 Å². The molecule has 28 heavy (non-hydrogen) atoms. The number of aromatic nitrogens is 3. The lowest BCUT2D eigenvalue weighted by atomic mass is 10.00. The van der Waals surface area contributed by atoms with E-state index in [-0.39, 0.29) is 0 Å². The van der Waals surface area contributed by atoms with Crippen LogP contribution in [-0.4, -0.2) is 47.8 Å². The quantitative estimate of drug-likeness (QED) is 0.723. The highest BCUT2D eigenvalue weighted by Gasteiger charge is 2.17. The van der Waals surface area contributed by atoms with Crippen LogP contribution in [0.3, 0.4) is 0 Å². The van der Waals surface area contributed by atoms with E-state index in [9.17, 15) is 0 Å². The second-order valence-electron chi connectivity index (χ2n) is 7.23. The first-order chi connectivity index (χ1) is 13.9. The lowest BCUT2D eigenvalue weighted by molar-refractivity contribution is 0.171. The minimum Gasteiger partial charge on any atom is -0.486 e. The number of benzene rings is 1. The van der Waals surface area contributed by atoms with Gasteiger partial charge in [-0.2, -0.15) is 0 Å². The van der Waals surface area contributed by atoms with E-state index in [1.54, 1.807) is 12.4 Å². The lowest BCUT2D eigenvalue weighted by Gasteiger charge is -2.23. The number of hydrogen-bond donors (Lipinski definition) is 2. The Morgan fingerprint density at radius 2 is 1.96 bits per heavy atom. The van der Waals surface area contributed by atoms with Gasteiger partial charge in [0.05, 0.1) is 11.2 Å². The molecule has 0 radical (unpaired) electrons. The number of rotatable bonds is 4. The van der Waals surface area contributed by atoms with Gasteiger partial charge in [-0.1, -0.05) is 0 Å². The van der Waals surface area contributed by atoms with Crippen molar-refractivity contribution in [3.05, 3.63) is 36.7 Å². The maximum absolute atomic E-state index is 5.73. The molecule has 0 bridgehead atoms. The largest absolute Gasteiger partial charge is 0.486 e. The zero-order chi connectivity index (χ0) is 18.8. The number of fused-ring (bicyclic) bond motifs is 2. The van der Waals surface area contributed by atoms with Crippen LogP contribution in [0.5, 0.6) is 11.5 Å². The smallest absolute Gasteiger partial charge is 0.162 e. The van der Waals surface area contributed by atoms with E-state index in [2.05, 4.69) is 20.6 Å². The van der Waals surface area contributed by atoms with Crippen molar-refractivity contribution >= 4 is 16.9 Å². The molecule has 5 rings (SSSR count). The summed E-state index contributed by atoms with van der Waals surface area (Å²) in [6.45, 7) is 4.17. The highest BCUT2D eigenvalue weighted by atomic mass is 16.6. The number of pyridine rings is 1. The molecule has 2 aliphatic rings. The standard InChI is InChI=1S/C21H23N5O2/c1-2-14(12-22-5-1)13-25-21-20-17(23-6-7-24-20)11-16(26-21)15-3-4-18-19(10-15)28-9-8-27-18/h3-4,6-7,10-11,14,22H,1-2,5,8-9,12-13H2,(H,25,26)/t14-/m0/s1. The molecule has 3 aromatic rings. The predicted octanol–water partition coefficient (Wildman–Crippen LogP) is 2.87. The molecule has 144 valence electrons. The third-order valence-electron chi connectivity index (χ3n) is 5.25. The minimum absolute atomic E-state index is 0.565. The normalized spacial score (nSPS) is 18.8. The van der Waals surface area contributed by atoms with Gasteiger partial charge < -0.3 is 20.1 Å². The molecule has 0 aliphatic carbocycles. The van der Waals surface area contributed by atoms with Gasteiger partial charge in [0.15, 0.2) is 17.3 Å². The summed E-state index contributed by atoms with van der Waals surface area (Å²) in [6.07, 6.45) is 5.87. The SMILES string of the molecule is c1cnc2c(NC[C@H]3CCCNC3)nc(-c3ccc4c(c3)OCCO4)cc2n1. The number of anilines is 1. The van der Waals surface area contributed by atoms with Crippen molar-refractivity contribution in [1.29, 1.82) is 0 Å². The molecule has 1 atom stereocenters. The van der Waals surface area contributed by atoms with Gasteiger partial charge in [0.25, 0.3) is 0 Å². The van der Waals surface area contributed by atoms with Gasteiger partial charge in [-0.25, -0.2) is 9.97 Å². The zero-order valence-electron chi connectivity index (χ0n) is 15.6. The topological polar surface area (TPSA) is 81.2 Å². The Balaban J connectivity index is 1.49. The fraction of sp³-hybridized carbons (Fsp3) is 0.381. The van der Waals surface area contributed by atoms with Crippen LogP contribution < -0.4 is 20.1 Å². The van der Waals surface area contributed by atoms with Crippen LogP contribution in [0.15, 0.2) is 36.7 Å². The molecule has 1 saturated heterocycles. The van der Waals surface area contributed by atoms with Gasteiger partial charge in [0, 0.05) is 24.5 Å². The van der Waals surface area contributed by atoms with E-state index in [0.717, 1.165) is 59.2 Å². The third kappa shape index (κ3) is 3.45. The van der Waals surface area contributed by atoms with Crippen molar-refractivity contribution in [1.82, 2.24) is 20.3 Å². The van der Waals surface area contributed by atoms with Crippen molar-refractivity contribution < 1.29 is 9.47 Å². The molecule has 0 spiro atoms. The number of nitrogens with zero attached hydrogens (tertiary/aromatic N) is 3. The molecule has 2 aromatic heterocycles. The monoisotopic (exact) mass is 377 g/mol. The van der Waals surface area contributed by atoms with E-state index in [0.29, 0.717) is 19.1 Å². The fourth-order valence-corrected chi connectivity index (χ4v) is 3.79. The molecule has 4 heterocycles. The average Bonchev–Trinajstić information content (AvgIpc) is 2.77. The Morgan fingerprint density at radius 3 is 2.86 bits per heavy atom. The predicted molar refractivity (Wildman–Crippen MR) is 108 cm³/mol. The van der Waals surface area contributed by atoms with Gasteiger partial charge in [-0.3, -0.25) is 4.98 Å². The maximum Gasteiger partial charge on any atom is 0.162 e. The first kappa shape index (κ1) is 17.2. The molecule has 2 N–H and O–H groups in total. The molecule has 1 aromatic carbocycles. The van der Waals surface area contributed by atoms with Crippen molar-refractivity contribution in [3.63, 3.8) is 0 Å². The Kier molecular flexibility index (Phi) is 4.66. The summed E-state index contributed by atoms with van der Waals surface area (Å²) >= 11 is 0. The number of ether oxygens (including phenoxy) is 2. The van der Waals surface area contributed by atoms with Crippen molar-refractivity contribution in [3.8, 4) is 22.8 Å². The maximum atomic E-state index is 5.73. The summed E-state index contributed by atoms with van der Waals surface area (Å²) in [7, 11) is 0. The van der Waals surface area contributed by atoms with Crippen LogP contribution in [0, 0.1) is 5.92 Å². The van der Waals surface area contributed by atoms with Crippen LogP contribution in [0.4, 0.5) is 5.82 Å². The van der Waals surface area contributed by atoms with E-state index in [4.69, 9.17) is 14.5 Å². The molecular weight excluding hydrogens is 354 g/mol. The van der Waals surface area contributed by atoms with Gasteiger partial charge in [0.1, 0.15) is 18.7 Å². The second kappa shape index (κ2) is 7.59. The molecule has 0 amide bonds. The summed E-state index contributed by atoms with van der Waals surface area (Å²) < 4.78 is 11.4. The van der Waals surface area contributed by atoms with Crippen molar-refractivity contribution in [2.75, 3.05) is 38.2 Å². The van der Waals surface area contributed by atoms with Crippen molar-refractivity contribution in [2.24, 2.45) is 5.92 Å². The molecule has 7 nitrogen and oxygen atoms in total. The Bertz CT molecular complexity index is 988. The van der Waals surface area contributed by atoms with Crippen LogP contribution >= 0.6 is 0 Å². The van der Waals surface area contributed by atoms with E-state index in [1.807, 2.05) is 24.3 Å². The molecule has 0 saturated carbocycles. The van der Waals surface area contributed by atoms with Crippen LogP contribution in [-0.2, 0) is 0 Å². The molecule has 0 unspecified atom stereocenters. The lowest BCUT2D eigenvalue weighted by Crippen LogP contribution is -2.33. The Hall–Kier alpha value is -2.93. The molecular formula is C21H23N5O2. The highest BCUT2D eigenvalue weighted by molar-refractivity contribution is 5.88. The first-order valence-electron chi connectivity index (χ1n) is 9.83. The van der Waals surface area contributed by atoms with Gasteiger partial charge in [-0.15, -0.1) is 0 Å². The van der Waals surface area contributed by atoms with Gasteiger partial charge in [-0.05, 0) is 56.1 Å². The summed E-state index contributed by atoms with van der Waals surface area (Å²) in [5.41, 5.74) is 3.44. The fourth-order valence-electron chi connectivity index (χ4n) is 3.79. The second-order valence-corrected chi connectivity index (χ2v) is 7.23. The van der Waals surface area contributed by atoms with Crippen LogP contribution in [0.25, 0.3) is 22.3 Å². The average molecular weight is 377 g/mol. The summed E-state index contributed by atoms with van der Waals surface area (Å²) in [4.78, 5) is 13.9. The number of piperidine rings is 1. The van der Waals surface area contributed by atoms with Crippen LogP contribution in [0.1, 0.15) is 12.8 Å². The van der Waals surface area contributed by atoms with E-state index < -0.39 is 0 Å². The van der Waals surface area contributed by atoms with Crippen molar-refractivity contribution in [2.45, 2.75) is 12.8 Å². The van der Waals surface area contributed by atoms with E-state index in [1.165, 1.54) is 12.8 Å². The van der Waals surface area contributed by atoms with Crippen LogP contribution in [0.2, 0.25) is 0 Å². The van der Waals surface area contributed by atoms with E-state index >= 15 is 0 Å². The first-order valence-corrected chi connectivity index (χ1v) is 9.83. The summed E-state index contributed by atoms with van der Waals surface area (Å²) in [5.74, 6) is 2.91.